The van der Waals surface area contributed by atoms with Crippen LogP contribution in [0.5, 0.6) is 0 Å². The fourth-order valence-electron chi connectivity index (χ4n) is 2.87. The molecular weight excluding hydrogens is 236 g/mol. The van der Waals surface area contributed by atoms with Gasteiger partial charge in [0.25, 0.3) is 0 Å². The lowest BCUT2D eigenvalue weighted by Gasteiger charge is -2.25. The molecule has 4 rings (SSSR count). The van der Waals surface area contributed by atoms with Crippen molar-refractivity contribution in [1.82, 2.24) is 4.98 Å². The maximum atomic E-state index is 5.70. The highest BCUT2D eigenvalue weighted by atomic mass is 16.5. The van der Waals surface area contributed by atoms with Crippen LogP contribution < -0.4 is 5.32 Å². The first kappa shape index (κ1) is 10.6. The molecule has 0 fully saturated rings. The van der Waals surface area contributed by atoms with Gasteiger partial charge in [-0.15, -0.1) is 0 Å². The molecule has 1 aliphatic rings. The number of methoxy groups -OCH3 is 1. The van der Waals surface area contributed by atoms with Gasteiger partial charge in [0.1, 0.15) is 6.10 Å². The van der Waals surface area contributed by atoms with Gasteiger partial charge in [-0.1, -0.05) is 36.4 Å². The summed E-state index contributed by atoms with van der Waals surface area (Å²) in [4.78, 5) is 3.47. The Bertz CT molecular complexity index is 760. The van der Waals surface area contributed by atoms with Gasteiger partial charge in [0.15, 0.2) is 0 Å². The molecule has 1 aromatic heterocycles. The van der Waals surface area contributed by atoms with Crippen molar-refractivity contribution >= 4 is 22.3 Å². The fraction of sp³-hybridized carbons (Fsp3) is 0.125. The highest BCUT2D eigenvalue weighted by Crippen LogP contribution is 2.44. The fourth-order valence-corrected chi connectivity index (χ4v) is 2.87. The third kappa shape index (κ3) is 1.42. The van der Waals surface area contributed by atoms with E-state index >= 15 is 0 Å². The van der Waals surface area contributed by atoms with E-state index < -0.39 is 0 Å². The molecule has 19 heavy (non-hydrogen) atoms. The Morgan fingerprint density at radius 1 is 1.00 bits per heavy atom. The van der Waals surface area contributed by atoms with Crippen LogP contribution in [0.4, 0.5) is 11.4 Å². The molecular formula is C16H14N2O. The summed E-state index contributed by atoms with van der Waals surface area (Å²) < 4.78 is 5.70. The summed E-state index contributed by atoms with van der Waals surface area (Å²) in [6.07, 6.45) is -0.0418. The lowest BCUT2D eigenvalue weighted by atomic mass is 9.99. The molecule has 2 aromatic carbocycles. The number of H-pyrrole nitrogens is 1. The number of para-hydroxylation sites is 2. The second kappa shape index (κ2) is 3.87. The van der Waals surface area contributed by atoms with Crippen LogP contribution in [0.15, 0.2) is 48.5 Å². The van der Waals surface area contributed by atoms with E-state index in [4.69, 9.17) is 4.74 Å². The summed E-state index contributed by atoms with van der Waals surface area (Å²) in [6, 6.07) is 16.6. The van der Waals surface area contributed by atoms with Gasteiger partial charge >= 0.3 is 0 Å². The van der Waals surface area contributed by atoms with Crippen LogP contribution in [0.2, 0.25) is 0 Å². The van der Waals surface area contributed by atoms with Gasteiger partial charge in [-0.05, 0) is 12.1 Å². The SMILES string of the molecule is COC1c2ccccc2Nc2c1[nH]c1ccccc21. The molecule has 0 bridgehead atoms. The Kier molecular flexibility index (Phi) is 2.17. The Hall–Kier alpha value is -2.26. The van der Waals surface area contributed by atoms with Crippen molar-refractivity contribution < 1.29 is 4.74 Å². The van der Waals surface area contributed by atoms with Crippen molar-refractivity contribution in [3.8, 4) is 0 Å². The molecule has 0 spiro atoms. The van der Waals surface area contributed by atoms with E-state index in [-0.39, 0.29) is 6.10 Å². The van der Waals surface area contributed by atoms with Crippen molar-refractivity contribution in [3.63, 3.8) is 0 Å². The van der Waals surface area contributed by atoms with Gasteiger partial charge in [-0.3, -0.25) is 0 Å². The van der Waals surface area contributed by atoms with Crippen molar-refractivity contribution in [1.29, 1.82) is 0 Å². The number of hydrogen-bond acceptors (Lipinski definition) is 2. The standard InChI is InChI=1S/C16H14N2O/c1-19-16-11-7-3-5-9-13(11)17-14-10-6-2-4-8-12(10)18-15(14)16/h2-9,16-18H,1H3. The van der Waals surface area contributed by atoms with Crippen LogP contribution in [0.3, 0.4) is 0 Å². The Balaban J connectivity index is 2.01. The molecule has 2 heterocycles. The smallest absolute Gasteiger partial charge is 0.126 e. The number of fused-ring (bicyclic) bond motifs is 4. The van der Waals surface area contributed by atoms with E-state index in [2.05, 4.69) is 40.6 Å². The number of nitrogens with one attached hydrogen (secondary N) is 2. The molecule has 3 aromatic rings. The Morgan fingerprint density at radius 2 is 1.79 bits per heavy atom. The van der Waals surface area contributed by atoms with Crippen molar-refractivity contribution in [2.75, 3.05) is 12.4 Å². The highest BCUT2D eigenvalue weighted by Gasteiger charge is 2.28. The molecule has 0 saturated heterocycles. The minimum absolute atomic E-state index is 0.0418. The van der Waals surface area contributed by atoms with E-state index in [1.54, 1.807) is 7.11 Å². The molecule has 0 aliphatic carbocycles. The van der Waals surface area contributed by atoms with Crippen LogP contribution in [0.25, 0.3) is 10.9 Å². The van der Waals surface area contributed by atoms with Crippen LogP contribution in [-0.4, -0.2) is 12.1 Å². The second-order valence-electron chi connectivity index (χ2n) is 4.79. The lowest BCUT2D eigenvalue weighted by Crippen LogP contribution is -2.13. The molecule has 94 valence electrons. The first-order valence-corrected chi connectivity index (χ1v) is 6.38. The molecule has 0 radical (unpaired) electrons. The minimum Gasteiger partial charge on any atom is -0.370 e. The van der Waals surface area contributed by atoms with E-state index in [1.807, 2.05) is 18.2 Å². The minimum atomic E-state index is -0.0418. The first-order chi connectivity index (χ1) is 9.38. The predicted molar refractivity (Wildman–Crippen MR) is 76.9 cm³/mol. The van der Waals surface area contributed by atoms with E-state index in [9.17, 15) is 0 Å². The summed E-state index contributed by atoms with van der Waals surface area (Å²) in [5.41, 5.74) is 5.65. The summed E-state index contributed by atoms with van der Waals surface area (Å²) in [5, 5.41) is 4.72. The summed E-state index contributed by atoms with van der Waals surface area (Å²) >= 11 is 0. The molecule has 3 heteroatoms. The van der Waals surface area contributed by atoms with Gasteiger partial charge in [0.2, 0.25) is 0 Å². The predicted octanol–water partition coefficient (Wildman–Crippen LogP) is 3.96. The summed E-state index contributed by atoms with van der Waals surface area (Å²) in [5.74, 6) is 0. The molecule has 0 saturated carbocycles. The number of anilines is 2. The Labute approximate surface area is 111 Å². The number of aromatic nitrogens is 1. The topological polar surface area (TPSA) is 37.0 Å². The van der Waals surface area contributed by atoms with Crippen LogP contribution in [0, 0.1) is 0 Å². The van der Waals surface area contributed by atoms with E-state index in [0.29, 0.717) is 0 Å². The van der Waals surface area contributed by atoms with E-state index in [0.717, 1.165) is 22.6 Å². The highest BCUT2D eigenvalue weighted by molar-refractivity contribution is 5.98. The van der Waals surface area contributed by atoms with Gasteiger partial charge in [-0.2, -0.15) is 0 Å². The van der Waals surface area contributed by atoms with E-state index in [1.165, 1.54) is 10.9 Å². The normalized spacial score (nSPS) is 16.8. The zero-order valence-electron chi connectivity index (χ0n) is 10.6. The zero-order valence-corrected chi connectivity index (χ0v) is 10.6. The van der Waals surface area contributed by atoms with Crippen molar-refractivity contribution in [2.24, 2.45) is 0 Å². The van der Waals surface area contributed by atoms with Crippen molar-refractivity contribution in [3.05, 3.63) is 59.8 Å². The average Bonchev–Trinajstić information content (AvgIpc) is 2.83. The third-order valence-corrected chi connectivity index (χ3v) is 3.74. The lowest BCUT2D eigenvalue weighted by molar-refractivity contribution is 0.133. The number of hydrogen-bond donors (Lipinski definition) is 2. The molecule has 3 nitrogen and oxygen atoms in total. The van der Waals surface area contributed by atoms with Gasteiger partial charge < -0.3 is 15.0 Å². The van der Waals surface area contributed by atoms with Crippen LogP contribution >= 0.6 is 0 Å². The molecule has 1 unspecified atom stereocenters. The average molecular weight is 250 g/mol. The number of ether oxygens (including phenoxy) is 1. The maximum absolute atomic E-state index is 5.70. The molecule has 1 aliphatic heterocycles. The first-order valence-electron chi connectivity index (χ1n) is 6.38. The Morgan fingerprint density at radius 3 is 2.68 bits per heavy atom. The number of benzene rings is 2. The number of rotatable bonds is 1. The monoisotopic (exact) mass is 250 g/mol. The quantitative estimate of drug-likeness (QED) is 0.686. The van der Waals surface area contributed by atoms with Crippen molar-refractivity contribution in [2.45, 2.75) is 6.10 Å². The summed E-state index contributed by atoms with van der Waals surface area (Å²) in [6.45, 7) is 0. The van der Waals surface area contributed by atoms with Crippen LogP contribution in [0.1, 0.15) is 17.4 Å². The molecule has 0 amide bonds. The maximum Gasteiger partial charge on any atom is 0.126 e. The third-order valence-electron chi connectivity index (χ3n) is 3.74. The van der Waals surface area contributed by atoms with Crippen LogP contribution in [-0.2, 0) is 4.74 Å². The number of aromatic amines is 1. The van der Waals surface area contributed by atoms with Gasteiger partial charge in [0, 0.05) is 29.3 Å². The summed E-state index contributed by atoms with van der Waals surface area (Å²) in [7, 11) is 1.75. The molecule has 1 atom stereocenters. The zero-order chi connectivity index (χ0) is 12.8. The second-order valence-corrected chi connectivity index (χ2v) is 4.79. The molecule has 2 N–H and O–H groups in total. The van der Waals surface area contributed by atoms with Gasteiger partial charge in [0.05, 0.1) is 11.4 Å². The van der Waals surface area contributed by atoms with Gasteiger partial charge in [-0.25, -0.2) is 0 Å². The largest absolute Gasteiger partial charge is 0.370 e.